The Kier molecular flexibility index (Phi) is 3.77. The number of hydrogen-bond acceptors (Lipinski definition) is 1. The molecule has 0 aliphatic heterocycles. The molecule has 0 aromatic heterocycles. The summed E-state index contributed by atoms with van der Waals surface area (Å²) in [6.45, 7) is 13.3. The summed E-state index contributed by atoms with van der Waals surface area (Å²) in [5.74, 6) is 3.85. The van der Waals surface area contributed by atoms with Crippen LogP contribution >= 0.6 is 0 Å². The maximum Gasteiger partial charge on any atom is 0.192 e. The molecule has 126 valence electrons. The summed E-state index contributed by atoms with van der Waals surface area (Å²) < 4.78 is 0. The van der Waals surface area contributed by atoms with Gasteiger partial charge in [0.05, 0.1) is 5.54 Å². The lowest BCUT2D eigenvalue weighted by atomic mass is 9.53. The summed E-state index contributed by atoms with van der Waals surface area (Å²) in [5.41, 5.74) is 0.305. The van der Waals surface area contributed by atoms with Gasteiger partial charge in [0, 0.05) is 11.1 Å². The Balaban J connectivity index is 1.84. The molecule has 4 rings (SSSR count). The van der Waals surface area contributed by atoms with E-state index in [1.807, 2.05) is 0 Å². The van der Waals surface area contributed by atoms with Gasteiger partial charge >= 0.3 is 0 Å². The molecule has 0 aromatic rings. The summed E-state index contributed by atoms with van der Waals surface area (Å²) in [4.78, 5) is 5.33. The van der Waals surface area contributed by atoms with Gasteiger partial charge in [-0.25, -0.2) is 4.99 Å². The maximum absolute atomic E-state index is 5.33. The Morgan fingerprint density at radius 1 is 0.773 bits per heavy atom. The van der Waals surface area contributed by atoms with Gasteiger partial charge in [0.15, 0.2) is 5.96 Å². The smallest absolute Gasteiger partial charge is 0.192 e. The van der Waals surface area contributed by atoms with Crippen LogP contribution in [0.1, 0.15) is 80.1 Å². The molecule has 0 aromatic carbocycles. The molecule has 4 aliphatic rings. The molecule has 0 spiro atoms. The number of nitrogens with zero attached hydrogens (tertiary/aromatic N) is 1. The lowest BCUT2D eigenvalue weighted by Gasteiger charge is -2.55. The Morgan fingerprint density at radius 2 is 1.14 bits per heavy atom. The Hall–Kier alpha value is -0.730. The molecule has 0 radical (unpaired) electrons. The molecule has 3 heteroatoms. The lowest BCUT2D eigenvalue weighted by Crippen LogP contribution is -2.56. The predicted octanol–water partition coefficient (Wildman–Crippen LogP) is 4.09. The van der Waals surface area contributed by atoms with Gasteiger partial charge in [0.1, 0.15) is 0 Å². The predicted molar refractivity (Wildman–Crippen MR) is 94.1 cm³/mol. The van der Waals surface area contributed by atoms with Gasteiger partial charge < -0.3 is 10.6 Å². The van der Waals surface area contributed by atoms with Crippen LogP contribution in [0.15, 0.2) is 4.99 Å². The van der Waals surface area contributed by atoms with Crippen molar-refractivity contribution in [3.05, 3.63) is 0 Å². The molecule has 4 fully saturated rings. The monoisotopic (exact) mass is 305 g/mol. The zero-order chi connectivity index (χ0) is 16.2. The quantitative estimate of drug-likeness (QED) is 0.565. The number of nitrogens with one attached hydrogen (secondary N) is 2. The van der Waals surface area contributed by atoms with E-state index in [0.717, 1.165) is 23.7 Å². The summed E-state index contributed by atoms with van der Waals surface area (Å²) in [6, 6.07) is 0. The molecule has 0 unspecified atom stereocenters. The van der Waals surface area contributed by atoms with Crippen molar-refractivity contribution >= 4 is 5.96 Å². The fraction of sp³-hybridized carbons (Fsp3) is 0.947. The third kappa shape index (κ3) is 3.78. The van der Waals surface area contributed by atoms with Crippen LogP contribution in [0, 0.1) is 17.8 Å². The van der Waals surface area contributed by atoms with Crippen molar-refractivity contribution in [3.8, 4) is 0 Å². The second-order valence-corrected chi connectivity index (χ2v) is 10.4. The third-order valence-electron chi connectivity index (χ3n) is 5.34. The van der Waals surface area contributed by atoms with E-state index in [1.165, 1.54) is 38.5 Å². The molecule has 4 aliphatic carbocycles. The molecular formula is C19H35N3. The first kappa shape index (κ1) is 16.1. The Labute approximate surface area is 136 Å². The first-order valence-corrected chi connectivity index (χ1v) is 9.18. The van der Waals surface area contributed by atoms with Crippen molar-refractivity contribution < 1.29 is 0 Å². The number of aliphatic imine (C=N–C) groups is 1. The fourth-order valence-electron chi connectivity index (χ4n) is 5.24. The Morgan fingerprint density at radius 3 is 1.45 bits per heavy atom. The zero-order valence-corrected chi connectivity index (χ0v) is 15.4. The van der Waals surface area contributed by atoms with Crippen LogP contribution in [-0.2, 0) is 0 Å². The van der Waals surface area contributed by atoms with E-state index >= 15 is 0 Å². The largest absolute Gasteiger partial charge is 0.352 e. The Bertz CT molecular complexity index is 397. The van der Waals surface area contributed by atoms with E-state index in [-0.39, 0.29) is 16.6 Å². The number of rotatable bonds is 1. The van der Waals surface area contributed by atoms with Gasteiger partial charge in [-0.1, -0.05) is 0 Å². The highest BCUT2D eigenvalue weighted by atomic mass is 15.2. The minimum Gasteiger partial charge on any atom is -0.352 e. The summed E-state index contributed by atoms with van der Waals surface area (Å²) in [6.07, 6.45) is 8.39. The zero-order valence-electron chi connectivity index (χ0n) is 15.4. The molecule has 3 nitrogen and oxygen atoms in total. The highest BCUT2D eigenvalue weighted by Crippen LogP contribution is 2.57. The second kappa shape index (κ2) is 5.14. The highest BCUT2D eigenvalue weighted by Gasteiger charge is 2.51. The van der Waals surface area contributed by atoms with Crippen LogP contribution in [0.4, 0.5) is 0 Å². The van der Waals surface area contributed by atoms with Crippen molar-refractivity contribution in [2.24, 2.45) is 22.7 Å². The van der Waals surface area contributed by atoms with E-state index in [0.29, 0.717) is 0 Å². The standard InChI is InChI=1S/C19H35N3/c1-17(2,3)20-16(21-18(4,5)6)22-19-10-13-7-14(11-19)9-15(8-13)12-19/h13-15H,7-12H2,1-6H3,(H2,20,21,22). The van der Waals surface area contributed by atoms with Crippen LogP contribution in [0.25, 0.3) is 0 Å². The molecular weight excluding hydrogens is 270 g/mol. The minimum atomic E-state index is 0.0410. The fourth-order valence-corrected chi connectivity index (χ4v) is 5.24. The first-order chi connectivity index (χ1) is 10.0. The average molecular weight is 306 g/mol. The average Bonchev–Trinajstić information content (AvgIpc) is 2.19. The van der Waals surface area contributed by atoms with E-state index in [4.69, 9.17) is 4.99 Å². The molecule has 4 bridgehead atoms. The van der Waals surface area contributed by atoms with Crippen molar-refractivity contribution in [1.29, 1.82) is 0 Å². The molecule has 0 atom stereocenters. The molecule has 0 heterocycles. The summed E-state index contributed by atoms with van der Waals surface area (Å²) in [5, 5.41) is 7.25. The highest BCUT2D eigenvalue weighted by molar-refractivity contribution is 5.81. The van der Waals surface area contributed by atoms with Crippen molar-refractivity contribution in [1.82, 2.24) is 10.6 Å². The molecule has 0 amide bonds. The van der Waals surface area contributed by atoms with Crippen LogP contribution in [0.3, 0.4) is 0 Å². The van der Waals surface area contributed by atoms with Gasteiger partial charge in [-0.3, -0.25) is 0 Å². The van der Waals surface area contributed by atoms with Crippen molar-refractivity contribution in [2.45, 2.75) is 96.7 Å². The van der Waals surface area contributed by atoms with E-state index < -0.39 is 0 Å². The van der Waals surface area contributed by atoms with Crippen LogP contribution in [0.5, 0.6) is 0 Å². The van der Waals surface area contributed by atoms with Crippen LogP contribution in [0.2, 0.25) is 0 Å². The lowest BCUT2D eigenvalue weighted by molar-refractivity contribution is 0.00122. The second-order valence-electron chi connectivity index (χ2n) is 10.4. The van der Waals surface area contributed by atoms with Crippen molar-refractivity contribution in [3.63, 3.8) is 0 Å². The van der Waals surface area contributed by atoms with Crippen LogP contribution < -0.4 is 10.6 Å². The molecule has 22 heavy (non-hydrogen) atoms. The minimum absolute atomic E-state index is 0.0410. The van der Waals surface area contributed by atoms with E-state index in [9.17, 15) is 0 Å². The van der Waals surface area contributed by atoms with Crippen molar-refractivity contribution in [2.75, 3.05) is 0 Å². The molecule has 2 N–H and O–H groups in total. The van der Waals surface area contributed by atoms with E-state index in [1.54, 1.807) is 0 Å². The normalized spacial score (nSPS) is 37.1. The third-order valence-corrected chi connectivity index (χ3v) is 5.34. The molecule has 4 saturated carbocycles. The van der Waals surface area contributed by atoms with Gasteiger partial charge in [0.2, 0.25) is 0 Å². The first-order valence-electron chi connectivity index (χ1n) is 9.18. The van der Waals surface area contributed by atoms with Gasteiger partial charge in [-0.05, 0) is 97.8 Å². The van der Waals surface area contributed by atoms with Gasteiger partial charge in [0.25, 0.3) is 0 Å². The number of hydrogen-bond donors (Lipinski definition) is 2. The summed E-state index contributed by atoms with van der Waals surface area (Å²) >= 11 is 0. The SMILES string of the molecule is CC(C)(C)NC(=NC12CC3CC(CC(C3)C1)C2)NC(C)(C)C. The van der Waals surface area contributed by atoms with E-state index in [2.05, 4.69) is 52.2 Å². The maximum atomic E-state index is 5.33. The van der Waals surface area contributed by atoms with Crippen LogP contribution in [-0.4, -0.2) is 22.6 Å². The summed E-state index contributed by atoms with van der Waals surface area (Å²) in [7, 11) is 0. The van der Waals surface area contributed by atoms with Gasteiger partial charge in [-0.15, -0.1) is 0 Å². The van der Waals surface area contributed by atoms with Gasteiger partial charge in [-0.2, -0.15) is 0 Å². The topological polar surface area (TPSA) is 36.4 Å². The number of guanidine groups is 1. The molecule has 0 saturated heterocycles.